The number of nitrogens with one attached hydrogen (secondary N) is 1. The number of halogens is 1. The fourth-order valence-corrected chi connectivity index (χ4v) is 2.39. The fourth-order valence-electron chi connectivity index (χ4n) is 2.15. The highest BCUT2D eigenvalue weighted by Crippen LogP contribution is 2.21. The molecule has 0 saturated heterocycles. The molecule has 0 fully saturated rings. The first kappa shape index (κ1) is 15.2. The predicted octanol–water partition coefficient (Wildman–Crippen LogP) is 2.59. The van der Waals surface area contributed by atoms with Crippen LogP contribution in [0.5, 0.6) is 5.75 Å². The summed E-state index contributed by atoms with van der Waals surface area (Å²) in [4.78, 5) is 27.7. The Morgan fingerprint density at radius 1 is 1.26 bits per heavy atom. The van der Waals surface area contributed by atoms with Gasteiger partial charge in [0.1, 0.15) is 15.9 Å². The molecule has 6 nitrogen and oxygen atoms in total. The van der Waals surface area contributed by atoms with Crippen molar-refractivity contribution in [1.29, 1.82) is 0 Å². The van der Waals surface area contributed by atoms with Gasteiger partial charge < -0.3 is 14.8 Å². The van der Waals surface area contributed by atoms with Crippen LogP contribution in [-0.2, 0) is 6.54 Å². The van der Waals surface area contributed by atoms with Gasteiger partial charge in [0.2, 0.25) is 0 Å². The SMILES string of the molecule is O=C(NCc1cc(=O)oc2cc(O)ccc12)c1ccc(Br)nc1. The first-order chi connectivity index (χ1) is 11.0. The lowest BCUT2D eigenvalue weighted by Gasteiger charge is -2.08. The van der Waals surface area contributed by atoms with Crippen molar-refractivity contribution in [3.63, 3.8) is 0 Å². The molecule has 0 atom stereocenters. The van der Waals surface area contributed by atoms with Crippen LogP contribution < -0.4 is 10.9 Å². The van der Waals surface area contributed by atoms with E-state index in [0.29, 0.717) is 21.1 Å². The number of nitrogens with zero attached hydrogens (tertiary/aromatic N) is 1. The lowest BCUT2D eigenvalue weighted by atomic mass is 10.1. The summed E-state index contributed by atoms with van der Waals surface area (Å²) < 4.78 is 5.68. The van der Waals surface area contributed by atoms with Crippen LogP contribution in [0.3, 0.4) is 0 Å². The number of carbonyl (C=O) groups is 1. The Kier molecular flexibility index (Phi) is 4.12. The number of pyridine rings is 1. The van der Waals surface area contributed by atoms with Crippen LogP contribution >= 0.6 is 15.9 Å². The van der Waals surface area contributed by atoms with Crippen LogP contribution in [-0.4, -0.2) is 16.0 Å². The summed E-state index contributed by atoms with van der Waals surface area (Å²) in [5.41, 5.74) is 0.748. The molecule has 1 amide bonds. The molecule has 0 bridgehead atoms. The number of carbonyl (C=O) groups excluding carboxylic acids is 1. The molecule has 1 aromatic carbocycles. The number of amides is 1. The molecule has 3 rings (SSSR count). The van der Waals surface area contributed by atoms with E-state index in [0.717, 1.165) is 0 Å². The minimum absolute atomic E-state index is 0.00257. The molecule has 0 spiro atoms. The van der Waals surface area contributed by atoms with E-state index in [2.05, 4.69) is 26.2 Å². The Morgan fingerprint density at radius 3 is 2.83 bits per heavy atom. The van der Waals surface area contributed by atoms with Crippen LogP contribution in [0.4, 0.5) is 0 Å². The van der Waals surface area contributed by atoms with E-state index in [9.17, 15) is 14.7 Å². The maximum atomic E-state index is 12.1. The van der Waals surface area contributed by atoms with Gasteiger partial charge in [-0.3, -0.25) is 4.79 Å². The third kappa shape index (κ3) is 3.40. The lowest BCUT2D eigenvalue weighted by molar-refractivity contribution is 0.0950. The molecule has 0 unspecified atom stereocenters. The summed E-state index contributed by atoms with van der Waals surface area (Å²) in [6, 6.07) is 9.12. The van der Waals surface area contributed by atoms with E-state index < -0.39 is 5.63 Å². The van der Waals surface area contributed by atoms with E-state index in [1.165, 1.54) is 24.4 Å². The van der Waals surface area contributed by atoms with Crippen LogP contribution in [0.2, 0.25) is 0 Å². The van der Waals surface area contributed by atoms with Gasteiger partial charge in [-0.25, -0.2) is 9.78 Å². The molecular formula is C16H11BrN2O4. The largest absolute Gasteiger partial charge is 0.508 e. The molecule has 0 radical (unpaired) electrons. The summed E-state index contributed by atoms with van der Waals surface area (Å²) in [5.74, 6) is -0.298. The Labute approximate surface area is 138 Å². The normalized spacial score (nSPS) is 10.7. The molecule has 2 aromatic heterocycles. The summed E-state index contributed by atoms with van der Waals surface area (Å²) in [7, 11) is 0. The molecule has 116 valence electrons. The van der Waals surface area contributed by atoms with E-state index in [-0.39, 0.29) is 23.8 Å². The van der Waals surface area contributed by atoms with Crippen molar-refractivity contribution in [3.8, 4) is 5.75 Å². The van der Waals surface area contributed by atoms with Gasteiger partial charge in [-0.15, -0.1) is 0 Å². The zero-order valence-corrected chi connectivity index (χ0v) is 13.3. The van der Waals surface area contributed by atoms with Crippen molar-refractivity contribution in [2.75, 3.05) is 0 Å². The number of benzene rings is 1. The van der Waals surface area contributed by atoms with E-state index in [1.54, 1.807) is 18.2 Å². The number of phenolic OH excluding ortho intramolecular Hbond substituents is 1. The van der Waals surface area contributed by atoms with Gasteiger partial charge in [-0.1, -0.05) is 0 Å². The minimum atomic E-state index is -0.544. The number of aromatic nitrogens is 1. The summed E-state index contributed by atoms with van der Waals surface area (Å²) in [6.07, 6.45) is 1.45. The molecule has 0 saturated carbocycles. The Morgan fingerprint density at radius 2 is 2.09 bits per heavy atom. The van der Waals surface area contributed by atoms with Gasteiger partial charge >= 0.3 is 5.63 Å². The van der Waals surface area contributed by atoms with Gasteiger partial charge in [-0.05, 0) is 45.8 Å². The monoisotopic (exact) mass is 374 g/mol. The number of fused-ring (bicyclic) bond motifs is 1. The highest BCUT2D eigenvalue weighted by molar-refractivity contribution is 9.10. The quantitative estimate of drug-likeness (QED) is 0.542. The maximum absolute atomic E-state index is 12.1. The topological polar surface area (TPSA) is 92.4 Å². The number of phenols is 1. The van der Waals surface area contributed by atoms with Crippen LogP contribution in [0.1, 0.15) is 15.9 Å². The van der Waals surface area contributed by atoms with Crippen molar-refractivity contribution in [1.82, 2.24) is 10.3 Å². The Hall–Kier alpha value is -2.67. The molecule has 2 N–H and O–H groups in total. The van der Waals surface area contributed by atoms with Gasteiger partial charge in [0, 0.05) is 30.3 Å². The second-order valence-electron chi connectivity index (χ2n) is 4.82. The number of aromatic hydroxyl groups is 1. The first-order valence-corrected chi connectivity index (χ1v) is 7.48. The third-order valence-corrected chi connectivity index (χ3v) is 3.71. The minimum Gasteiger partial charge on any atom is -0.508 e. The molecule has 0 aliphatic carbocycles. The number of rotatable bonds is 3. The highest BCUT2D eigenvalue weighted by Gasteiger charge is 2.10. The van der Waals surface area contributed by atoms with Gasteiger partial charge in [-0.2, -0.15) is 0 Å². The number of hydrogen-bond acceptors (Lipinski definition) is 5. The summed E-state index contributed by atoms with van der Waals surface area (Å²) >= 11 is 3.20. The first-order valence-electron chi connectivity index (χ1n) is 6.68. The summed E-state index contributed by atoms with van der Waals surface area (Å²) in [5, 5.41) is 12.8. The van der Waals surface area contributed by atoms with E-state index >= 15 is 0 Å². The van der Waals surface area contributed by atoms with Crippen LogP contribution in [0.25, 0.3) is 11.0 Å². The van der Waals surface area contributed by atoms with Crippen molar-refractivity contribution in [2.24, 2.45) is 0 Å². The maximum Gasteiger partial charge on any atom is 0.336 e. The zero-order chi connectivity index (χ0) is 16.4. The Balaban J connectivity index is 1.85. The van der Waals surface area contributed by atoms with Crippen molar-refractivity contribution >= 4 is 32.8 Å². The standard InChI is InChI=1S/C16H11BrN2O4/c17-14-4-1-9(7-18-14)16(22)19-8-10-5-15(21)23-13-6-11(20)2-3-12(10)13/h1-7,20H,8H2,(H,19,22). The summed E-state index contributed by atoms with van der Waals surface area (Å²) in [6.45, 7) is 0.155. The molecule has 3 aromatic rings. The predicted molar refractivity (Wildman–Crippen MR) is 87.3 cm³/mol. The van der Waals surface area contributed by atoms with Crippen LogP contribution in [0, 0.1) is 0 Å². The average molecular weight is 375 g/mol. The van der Waals surface area contributed by atoms with Crippen molar-refractivity contribution in [2.45, 2.75) is 6.54 Å². The molecule has 0 aliphatic rings. The number of hydrogen-bond donors (Lipinski definition) is 2. The molecule has 23 heavy (non-hydrogen) atoms. The molecule has 2 heterocycles. The lowest BCUT2D eigenvalue weighted by Crippen LogP contribution is -2.23. The highest BCUT2D eigenvalue weighted by atomic mass is 79.9. The average Bonchev–Trinajstić information content (AvgIpc) is 2.52. The zero-order valence-electron chi connectivity index (χ0n) is 11.7. The second-order valence-corrected chi connectivity index (χ2v) is 5.64. The van der Waals surface area contributed by atoms with Gasteiger partial charge in [0.05, 0.1) is 5.56 Å². The van der Waals surface area contributed by atoms with E-state index in [4.69, 9.17) is 4.42 Å². The smallest absolute Gasteiger partial charge is 0.336 e. The molecule has 0 aliphatic heterocycles. The van der Waals surface area contributed by atoms with E-state index in [1.807, 2.05) is 0 Å². The van der Waals surface area contributed by atoms with Gasteiger partial charge in [0.15, 0.2) is 0 Å². The van der Waals surface area contributed by atoms with Gasteiger partial charge in [0.25, 0.3) is 5.91 Å². The Bertz CT molecular complexity index is 935. The fraction of sp³-hybridized carbons (Fsp3) is 0.0625. The van der Waals surface area contributed by atoms with Crippen molar-refractivity contribution in [3.05, 3.63) is 68.7 Å². The van der Waals surface area contributed by atoms with Crippen LogP contribution in [0.15, 0.2) is 56.4 Å². The van der Waals surface area contributed by atoms with Crippen molar-refractivity contribution < 1.29 is 14.3 Å². The molecular weight excluding hydrogens is 364 g/mol. The molecule has 7 heteroatoms. The third-order valence-electron chi connectivity index (χ3n) is 3.24. The second kappa shape index (κ2) is 6.21.